The zero-order valence-electron chi connectivity index (χ0n) is 11.5. The molecule has 106 valence electrons. The third kappa shape index (κ3) is 2.99. The first-order valence-electron chi connectivity index (χ1n) is 6.84. The van der Waals surface area contributed by atoms with E-state index >= 15 is 0 Å². The van der Waals surface area contributed by atoms with Crippen LogP contribution in [0.25, 0.3) is 0 Å². The van der Waals surface area contributed by atoms with E-state index in [1.807, 2.05) is 23.9 Å². The first-order chi connectivity index (χ1) is 9.74. The Morgan fingerprint density at radius 3 is 3.00 bits per heavy atom. The molecule has 5 heteroatoms. The van der Waals surface area contributed by atoms with Gasteiger partial charge in [0.05, 0.1) is 0 Å². The maximum absolute atomic E-state index is 13.9. The van der Waals surface area contributed by atoms with Crippen molar-refractivity contribution in [1.82, 2.24) is 14.9 Å². The van der Waals surface area contributed by atoms with E-state index in [2.05, 4.69) is 10.3 Å². The fourth-order valence-electron chi connectivity index (χ4n) is 2.07. The molecular weight excluding hydrogens is 257 g/mol. The summed E-state index contributed by atoms with van der Waals surface area (Å²) in [6, 6.07) is 5.62. The average Bonchev–Trinajstić information content (AvgIpc) is 3.18. The Morgan fingerprint density at radius 1 is 1.45 bits per heavy atom. The number of halogens is 1. The van der Waals surface area contributed by atoms with Gasteiger partial charge in [-0.15, -0.1) is 0 Å². The maximum Gasteiger partial charge on any atom is 0.165 e. The molecule has 0 aliphatic heterocycles. The van der Waals surface area contributed by atoms with Crippen LogP contribution in [0.15, 0.2) is 30.6 Å². The molecule has 1 N–H and O–H groups in total. The van der Waals surface area contributed by atoms with Gasteiger partial charge in [0.25, 0.3) is 0 Å². The number of ether oxygens (including phenoxy) is 1. The number of imidazole rings is 1. The fraction of sp³-hybridized carbons (Fsp3) is 0.400. The summed E-state index contributed by atoms with van der Waals surface area (Å²) in [7, 11) is 1.89. The third-order valence-electron chi connectivity index (χ3n) is 3.47. The molecule has 1 fully saturated rings. The molecule has 1 saturated carbocycles. The lowest BCUT2D eigenvalue weighted by Crippen LogP contribution is -2.16. The van der Waals surface area contributed by atoms with Crippen LogP contribution in [0, 0.1) is 5.82 Å². The SMILES string of the molecule is Cn1ccnc1COc1c(F)cccc1CNC1CC1. The van der Waals surface area contributed by atoms with Crippen LogP contribution in [0.5, 0.6) is 5.75 Å². The summed E-state index contributed by atoms with van der Waals surface area (Å²) in [6.07, 6.45) is 5.96. The number of aromatic nitrogens is 2. The van der Waals surface area contributed by atoms with Crippen molar-refractivity contribution in [1.29, 1.82) is 0 Å². The van der Waals surface area contributed by atoms with Gasteiger partial charge in [-0.25, -0.2) is 9.37 Å². The molecular formula is C15H18FN3O. The first-order valence-corrected chi connectivity index (χ1v) is 6.84. The van der Waals surface area contributed by atoms with Crippen molar-refractivity contribution in [3.8, 4) is 5.75 Å². The Kier molecular flexibility index (Phi) is 3.69. The minimum Gasteiger partial charge on any atom is -0.482 e. The summed E-state index contributed by atoms with van der Waals surface area (Å²) >= 11 is 0. The van der Waals surface area contributed by atoms with E-state index in [9.17, 15) is 4.39 Å². The van der Waals surface area contributed by atoms with Gasteiger partial charge in [-0.05, 0) is 18.9 Å². The van der Waals surface area contributed by atoms with Gasteiger partial charge in [0.15, 0.2) is 11.6 Å². The molecule has 1 aliphatic rings. The standard InChI is InChI=1S/C15H18FN3O/c1-19-8-7-17-14(19)10-20-15-11(3-2-4-13(15)16)9-18-12-5-6-12/h2-4,7-8,12,18H,5-6,9-10H2,1H3. The zero-order valence-corrected chi connectivity index (χ0v) is 11.5. The van der Waals surface area contributed by atoms with Gasteiger partial charge in [0.1, 0.15) is 12.4 Å². The molecule has 1 aromatic carbocycles. The van der Waals surface area contributed by atoms with Gasteiger partial charge in [-0.2, -0.15) is 0 Å². The number of aryl methyl sites for hydroxylation is 1. The third-order valence-corrected chi connectivity index (χ3v) is 3.47. The lowest BCUT2D eigenvalue weighted by Gasteiger charge is -2.13. The summed E-state index contributed by atoms with van der Waals surface area (Å²) < 4.78 is 21.5. The lowest BCUT2D eigenvalue weighted by atomic mass is 10.2. The van der Waals surface area contributed by atoms with Crippen molar-refractivity contribution in [2.75, 3.05) is 0 Å². The summed E-state index contributed by atoms with van der Waals surface area (Å²) in [5, 5.41) is 3.38. The highest BCUT2D eigenvalue weighted by molar-refractivity contribution is 5.35. The number of para-hydroxylation sites is 1. The van der Waals surface area contributed by atoms with Crippen LogP contribution in [0.3, 0.4) is 0 Å². The van der Waals surface area contributed by atoms with Crippen LogP contribution in [0.1, 0.15) is 24.2 Å². The molecule has 4 nitrogen and oxygen atoms in total. The highest BCUT2D eigenvalue weighted by Gasteiger charge is 2.21. The highest BCUT2D eigenvalue weighted by Crippen LogP contribution is 2.25. The Hall–Kier alpha value is -1.88. The van der Waals surface area contributed by atoms with Gasteiger partial charge in [0, 0.05) is 37.6 Å². The highest BCUT2D eigenvalue weighted by atomic mass is 19.1. The summed E-state index contributed by atoms with van der Waals surface area (Å²) in [5.41, 5.74) is 0.853. The predicted molar refractivity (Wildman–Crippen MR) is 73.8 cm³/mol. The minimum atomic E-state index is -0.325. The van der Waals surface area contributed by atoms with Gasteiger partial charge in [-0.1, -0.05) is 12.1 Å². The molecule has 0 saturated heterocycles. The second-order valence-electron chi connectivity index (χ2n) is 5.13. The topological polar surface area (TPSA) is 39.1 Å². The normalized spacial score (nSPS) is 14.5. The van der Waals surface area contributed by atoms with Crippen molar-refractivity contribution in [3.63, 3.8) is 0 Å². The smallest absolute Gasteiger partial charge is 0.165 e. The zero-order chi connectivity index (χ0) is 13.9. The molecule has 20 heavy (non-hydrogen) atoms. The van der Waals surface area contributed by atoms with Gasteiger partial charge in [-0.3, -0.25) is 0 Å². The van der Waals surface area contributed by atoms with Gasteiger partial charge < -0.3 is 14.6 Å². The van der Waals surface area contributed by atoms with Crippen LogP contribution < -0.4 is 10.1 Å². The summed E-state index contributed by atoms with van der Waals surface area (Å²) in [5.74, 6) is 0.771. The molecule has 2 aromatic rings. The quantitative estimate of drug-likeness (QED) is 0.880. The minimum absolute atomic E-state index is 0.265. The van der Waals surface area contributed by atoms with Crippen molar-refractivity contribution >= 4 is 0 Å². The molecule has 0 spiro atoms. The molecule has 0 atom stereocenters. The molecule has 0 unspecified atom stereocenters. The number of hydrogen-bond acceptors (Lipinski definition) is 3. The second-order valence-corrected chi connectivity index (χ2v) is 5.13. The predicted octanol–water partition coefficient (Wildman–Crippen LogP) is 2.39. The second kappa shape index (κ2) is 5.63. The molecule has 1 heterocycles. The average molecular weight is 275 g/mol. The number of nitrogens with zero attached hydrogens (tertiary/aromatic N) is 2. The van der Waals surface area contributed by atoms with E-state index in [-0.39, 0.29) is 12.4 Å². The lowest BCUT2D eigenvalue weighted by molar-refractivity contribution is 0.273. The van der Waals surface area contributed by atoms with Crippen molar-refractivity contribution in [3.05, 3.63) is 47.8 Å². The van der Waals surface area contributed by atoms with E-state index in [0.717, 1.165) is 11.4 Å². The van der Waals surface area contributed by atoms with Crippen LogP contribution in [-0.4, -0.2) is 15.6 Å². The number of nitrogens with one attached hydrogen (secondary N) is 1. The molecule has 0 radical (unpaired) electrons. The first kappa shape index (κ1) is 13.1. The van der Waals surface area contributed by atoms with E-state index in [1.54, 1.807) is 12.3 Å². The van der Waals surface area contributed by atoms with E-state index in [1.165, 1.54) is 18.9 Å². The van der Waals surface area contributed by atoms with Crippen molar-refractivity contribution in [2.24, 2.45) is 7.05 Å². The Labute approximate surface area is 117 Å². The van der Waals surface area contributed by atoms with Gasteiger partial charge >= 0.3 is 0 Å². The number of benzene rings is 1. The monoisotopic (exact) mass is 275 g/mol. The summed E-state index contributed by atoms with van der Waals surface area (Å²) in [6.45, 7) is 0.902. The molecule has 1 aromatic heterocycles. The molecule has 3 rings (SSSR count). The van der Waals surface area contributed by atoms with Crippen molar-refractivity contribution < 1.29 is 9.13 Å². The Morgan fingerprint density at radius 2 is 2.30 bits per heavy atom. The Balaban J connectivity index is 1.71. The fourth-order valence-corrected chi connectivity index (χ4v) is 2.07. The molecule has 0 bridgehead atoms. The Bertz CT molecular complexity index is 593. The van der Waals surface area contributed by atoms with Crippen LogP contribution >= 0.6 is 0 Å². The largest absolute Gasteiger partial charge is 0.482 e. The molecule has 0 amide bonds. The van der Waals surface area contributed by atoms with E-state index in [0.29, 0.717) is 18.3 Å². The number of hydrogen-bond donors (Lipinski definition) is 1. The van der Waals surface area contributed by atoms with E-state index < -0.39 is 0 Å². The maximum atomic E-state index is 13.9. The van der Waals surface area contributed by atoms with Crippen LogP contribution in [0.4, 0.5) is 4.39 Å². The number of rotatable bonds is 6. The van der Waals surface area contributed by atoms with E-state index in [4.69, 9.17) is 4.74 Å². The van der Waals surface area contributed by atoms with Crippen LogP contribution in [0.2, 0.25) is 0 Å². The van der Waals surface area contributed by atoms with Crippen LogP contribution in [-0.2, 0) is 20.2 Å². The molecule has 1 aliphatic carbocycles. The van der Waals surface area contributed by atoms with Crippen molar-refractivity contribution in [2.45, 2.75) is 32.0 Å². The summed E-state index contributed by atoms with van der Waals surface area (Å²) in [4.78, 5) is 4.17. The van der Waals surface area contributed by atoms with Gasteiger partial charge in [0.2, 0.25) is 0 Å².